The van der Waals surface area contributed by atoms with Gasteiger partial charge >= 0.3 is 0 Å². The Morgan fingerprint density at radius 2 is 1.37 bits per heavy atom. The maximum Gasteiger partial charge on any atom is 0.128 e. The molecule has 7 rings (SSSR count). The van der Waals surface area contributed by atoms with Crippen molar-refractivity contribution in [3.05, 3.63) is 117 Å². The number of aromatic nitrogens is 3. The van der Waals surface area contributed by atoms with Crippen LogP contribution in [-0.2, 0) is 34.6 Å². The Morgan fingerprint density at radius 1 is 0.761 bits per heavy atom. The van der Waals surface area contributed by atoms with E-state index in [1.165, 1.54) is 22.3 Å². The van der Waals surface area contributed by atoms with Crippen LogP contribution in [0, 0.1) is 5.41 Å². The first-order chi connectivity index (χ1) is 33.4. The van der Waals surface area contributed by atoms with Crippen LogP contribution in [0.25, 0.3) is 11.3 Å². The molecular formula is C62H85N5O4. The minimum absolute atomic E-state index is 0.0348. The fourth-order valence-corrected chi connectivity index (χ4v) is 10.2. The number of nitrogens with zero attached hydrogens (tertiary/aromatic N) is 5. The van der Waals surface area contributed by atoms with E-state index in [1.54, 1.807) is 0 Å². The van der Waals surface area contributed by atoms with E-state index in [1.807, 2.05) is 35.4 Å². The quantitative estimate of drug-likeness (QED) is 0.0752. The number of unbranched alkanes of at least 4 members (excludes halogenated alkanes) is 1. The van der Waals surface area contributed by atoms with Gasteiger partial charge in [0, 0.05) is 52.4 Å². The zero-order valence-corrected chi connectivity index (χ0v) is 45.7. The van der Waals surface area contributed by atoms with Crippen LogP contribution < -0.4 is 9.47 Å². The Hall–Kier alpha value is -5.44. The summed E-state index contributed by atoms with van der Waals surface area (Å²) in [6.07, 6.45) is 15.3. The molecule has 1 aliphatic heterocycles. The minimum Gasteiger partial charge on any atom is -0.507 e. The van der Waals surface area contributed by atoms with Crippen LogP contribution in [0.5, 0.6) is 23.0 Å². The fraction of sp³-hybridized carbons (Fsp3) is 0.548. The Morgan fingerprint density at radius 3 is 1.96 bits per heavy atom. The summed E-state index contributed by atoms with van der Waals surface area (Å²) in [6, 6.07) is 23.2. The van der Waals surface area contributed by atoms with Gasteiger partial charge in [-0.25, -0.2) is 0 Å². The normalized spacial score (nSPS) is 18.8. The molecular weight excluding hydrogens is 879 g/mol. The highest BCUT2D eigenvalue weighted by molar-refractivity contribution is 5.88. The topological polar surface area (TPSA) is 114 Å². The molecule has 0 radical (unpaired) electrons. The molecule has 9 heteroatoms. The van der Waals surface area contributed by atoms with Gasteiger partial charge in [-0.1, -0.05) is 164 Å². The summed E-state index contributed by atoms with van der Waals surface area (Å²) < 4.78 is 15.6. The van der Waals surface area contributed by atoms with E-state index in [0.29, 0.717) is 24.5 Å². The standard InChI is InChI=1S/C62H85N5O4/c1-15-62(14,16-2)36-43-32-47-35-50(61(12,13)37-54(71-47)41-24-18-17-19-25-41)57(43)70-29-23-22-28-67-40-53(65-66-67)42-30-44(55(68)48(33-42)59(6,7)8)38-63-51-26-20-21-27-52(51)64-39-45-31-46(58(3,4)5)34-49(56(45)69)60(9,10)11/h17-19,24-25,30-35,38-40,51-52,54,68-69H,15-16,20-23,26-29,36-37H2,1-14H3/b63-38+,64-39+/t51-,52+,54?/m0/s1. The van der Waals surface area contributed by atoms with Crippen molar-refractivity contribution in [2.24, 2.45) is 15.4 Å². The molecule has 382 valence electrons. The summed E-state index contributed by atoms with van der Waals surface area (Å²) >= 11 is 0. The molecule has 2 aliphatic rings. The van der Waals surface area contributed by atoms with E-state index >= 15 is 0 Å². The molecule has 9 nitrogen and oxygen atoms in total. The van der Waals surface area contributed by atoms with Crippen molar-refractivity contribution in [1.29, 1.82) is 0 Å². The lowest BCUT2D eigenvalue weighted by atomic mass is 9.75. The molecule has 2 N–H and O–H groups in total. The fourth-order valence-electron chi connectivity index (χ4n) is 10.2. The number of phenols is 2. The second kappa shape index (κ2) is 21.3. The summed E-state index contributed by atoms with van der Waals surface area (Å²) in [4.78, 5) is 10.3. The van der Waals surface area contributed by atoms with E-state index in [4.69, 9.17) is 19.5 Å². The van der Waals surface area contributed by atoms with Gasteiger partial charge in [0.25, 0.3) is 0 Å². The first-order valence-corrected chi connectivity index (χ1v) is 26.6. The maximum absolute atomic E-state index is 11.8. The molecule has 0 saturated heterocycles. The lowest BCUT2D eigenvalue weighted by Crippen LogP contribution is -2.27. The number of aromatic hydroxyl groups is 2. The predicted octanol–water partition coefficient (Wildman–Crippen LogP) is 15.1. The molecule has 1 saturated carbocycles. The number of aliphatic imine (C=N–C) groups is 2. The largest absolute Gasteiger partial charge is 0.507 e. The molecule has 0 amide bonds. The highest BCUT2D eigenvalue weighted by Crippen LogP contribution is 2.49. The van der Waals surface area contributed by atoms with Crippen LogP contribution in [0.15, 0.2) is 82.9 Å². The number of rotatable bonds is 16. The Balaban J connectivity index is 1.06. The van der Waals surface area contributed by atoms with Crippen LogP contribution in [0.1, 0.15) is 205 Å². The first-order valence-electron chi connectivity index (χ1n) is 26.6. The summed E-state index contributed by atoms with van der Waals surface area (Å²) in [7, 11) is 0. The number of aryl methyl sites for hydroxylation is 1. The lowest BCUT2D eigenvalue weighted by molar-refractivity contribution is 0.173. The van der Waals surface area contributed by atoms with Gasteiger partial charge in [0.05, 0.1) is 24.9 Å². The van der Waals surface area contributed by atoms with E-state index < -0.39 is 0 Å². The zero-order chi connectivity index (χ0) is 51.5. The molecule has 5 aromatic rings. The van der Waals surface area contributed by atoms with E-state index in [-0.39, 0.29) is 51.0 Å². The Labute approximate surface area is 426 Å². The molecule has 1 fully saturated rings. The van der Waals surface area contributed by atoms with Crippen LogP contribution in [0.3, 0.4) is 0 Å². The molecule has 1 unspecified atom stereocenters. The number of ether oxygens (including phenoxy) is 2. The number of phenolic OH excluding ortho intramolecular Hbond substituents is 2. The number of hydrogen-bond acceptors (Lipinski definition) is 8. The summed E-state index contributed by atoms with van der Waals surface area (Å²) in [5, 5.41) is 32.4. The van der Waals surface area contributed by atoms with Crippen molar-refractivity contribution in [3.63, 3.8) is 0 Å². The number of fused-ring (bicyclic) bond motifs is 2. The lowest BCUT2D eigenvalue weighted by Gasteiger charge is -2.31. The predicted molar refractivity (Wildman–Crippen MR) is 294 cm³/mol. The van der Waals surface area contributed by atoms with Gasteiger partial charge in [-0.3, -0.25) is 14.7 Å². The van der Waals surface area contributed by atoms with Gasteiger partial charge in [0.15, 0.2) is 0 Å². The molecule has 4 aromatic carbocycles. The molecule has 2 bridgehead atoms. The maximum atomic E-state index is 11.8. The van der Waals surface area contributed by atoms with Crippen molar-refractivity contribution in [2.45, 2.75) is 208 Å². The summed E-state index contributed by atoms with van der Waals surface area (Å²) in [5.41, 5.74) is 9.00. The third kappa shape index (κ3) is 12.8. The first kappa shape index (κ1) is 53.4. The number of benzene rings is 4. The second-order valence-electron chi connectivity index (χ2n) is 24.8. The van der Waals surface area contributed by atoms with Gasteiger partial charge in [-0.2, -0.15) is 0 Å². The smallest absolute Gasteiger partial charge is 0.128 e. The second-order valence-corrected chi connectivity index (χ2v) is 24.8. The van der Waals surface area contributed by atoms with E-state index in [9.17, 15) is 10.2 Å². The minimum atomic E-state index is -0.332. The van der Waals surface area contributed by atoms with Crippen LogP contribution in [0.4, 0.5) is 0 Å². The zero-order valence-electron chi connectivity index (χ0n) is 45.7. The van der Waals surface area contributed by atoms with Crippen molar-refractivity contribution in [2.75, 3.05) is 6.61 Å². The average Bonchev–Trinajstić information content (AvgIpc) is 3.75. The van der Waals surface area contributed by atoms with Crippen LogP contribution in [0.2, 0.25) is 0 Å². The van der Waals surface area contributed by atoms with Crippen molar-refractivity contribution in [3.8, 4) is 34.3 Å². The Bertz CT molecular complexity index is 2670. The molecule has 1 aliphatic carbocycles. The van der Waals surface area contributed by atoms with E-state index in [2.05, 4.69) is 162 Å². The van der Waals surface area contributed by atoms with Crippen LogP contribution >= 0.6 is 0 Å². The SMILES string of the molecule is CCC(C)(CC)Cc1cc2cc(c1OCCCCn1cc(-c3cc(/C=N/[C@H]4CCCC[C@H]4/N=C/c4cc(C(C)(C)C)cc(C(C)(C)C)c4O)c(O)c(C(C)(C)C)c3)nn1)C(C)(C)CC(c1ccccc1)O2. The third-order valence-electron chi connectivity index (χ3n) is 15.5. The third-order valence-corrected chi connectivity index (χ3v) is 15.5. The number of hydrogen-bond donors (Lipinski definition) is 2. The molecule has 3 atom stereocenters. The van der Waals surface area contributed by atoms with Crippen molar-refractivity contribution < 1.29 is 19.7 Å². The summed E-state index contributed by atoms with van der Waals surface area (Å²) in [5.74, 6) is 2.48. The van der Waals surface area contributed by atoms with Gasteiger partial charge in [-0.05, 0) is 113 Å². The van der Waals surface area contributed by atoms with Gasteiger partial charge in [0.1, 0.15) is 34.8 Å². The average molecular weight is 964 g/mol. The van der Waals surface area contributed by atoms with Crippen molar-refractivity contribution in [1.82, 2.24) is 15.0 Å². The molecule has 0 spiro atoms. The molecule has 71 heavy (non-hydrogen) atoms. The monoisotopic (exact) mass is 964 g/mol. The van der Waals surface area contributed by atoms with Gasteiger partial charge < -0.3 is 19.7 Å². The highest BCUT2D eigenvalue weighted by atomic mass is 16.5. The Kier molecular flexibility index (Phi) is 16.0. The van der Waals surface area contributed by atoms with Crippen LogP contribution in [-0.4, -0.2) is 56.3 Å². The van der Waals surface area contributed by atoms with Gasteiger partial charge in [0.2, 0.25) is 0 Å². The van der Waals surface area contributed by atoms with Crippen molar-refractivity contribution >= 4 is 12.4 Å². The van der Waals surface area contributed by atoms with E-state index in [0.717, 1.165) is 104 Å². The molecule has 2 heterocycles. The molecule has 1 aromatic heterocycles. The van der Waals surface area contributed by atoms with Gasteiger partial charge in [-0.15, -0.1) is 5.10 Å². The summed E-state index contributed by atoms with van der Waals surface area (Å²) in [6.45, 7) is 32.3. The highest BCUT2D eigenvalue weighted by Gasteiger charge is 2.36.